The molecular weight excluding hydrogens is 146 g/mol. The van der Waals surface area contributed by atoms with Gasteiger partial charge in [-0.3, -0.25) is 0 Å². The standard InChI is InChI=1S/C11H13N/c12-10-7-8-3-1-2-4-9(8)11(10)5-6-11/h1-4,10H,5-7,12H2. The highest BCUT2D eigenvalue weighted by Gasteiger charge is 2.53. The van der Waals surface area contributed by atoms with Gasteiger partial charge in [0.05, 0.1) is 0 Å². The zero-order valence-corrected chi connectivity index (χ0v) is 7.09. The summed E-state index contributed by atoms with van der Waals surface area (Å²) in [4.78, 5) is 0. The van der Waals surface area contributed by atoms with Gasteiger partial charge in [-0.25, -0.2) is 0 Å². The molecule has 1 unspecified atom stereocenters. The van der Waals surface area contributed by atoms with Crippen LogP contribution in [-0.4, -0.2) is 6.04 Å². The number of hydrogen-bond acceptors (Lipinski definition) is 1. The number of rotatable bonds is 0. The lowest BCUT2D eigenvalue weighted by Gasteiger charge is -2.13. The van der Waals surface area contributed by atoms with Crippen molar-refractivity contribution in [2.24, 2.45) is 5.73 Å². The van der Waals surface area contributed by atoms with Crippen LogP contribution in [-0.2, 0) is 11.8 Å². The first-order chi connectivity index (χ1) is 5.83. The van der Waals surface area contributed by atoms with Gasteiger partial charge >= 0.3 is 0 Å². The summed E-state index contributed by atoms with van der Waals surface area (Å²) in [5, 5.41) is 0. The van der Waals surface area contributed by atoms with Crippen molar-refractivity contribution < 1.29 is 0 Å². The number of hydrogen-bond donors (Lipinski definition) is 1. The second kappa shape index (κ2) is 1.91. The molecule has 2 N–H and O–H groups in total. The fourth-order valence-corrected chi connectivity index (χ4v) is 2.59. The summed E-state index contributed by atoms with van der Waals surface area (Å²) in [5.41, 5.74) is 9.57. The SMILES string of the molecule is NC1Cc2ccccc2C12CC2. The molecule has 1 fully saturated rings. The molecule has 1 saturated carbocycles. The largest absolute Gasteiger partial charge is 0.327 e. The van der Waals surface area contributed by atoms with Crippen LogP contribution in [0.25, 0.3) is 0 Å². The Hall–Kier alpha value is -0.820. The lowest BCUT2D eigenvalue weighted by molar-refractivity contribution is 0.563. The molecule has 0 amide bonds. The molecule has 0 aliphatic heterocycles. The first-order valence-electron chi connectivity index (χ1n) is 4.67. The lowest BCUT2D eigenvalue weighted by atomic mass is 9.96. The topological polar surface area (TPSA) is 26.0 Å². The predicted molar refractivity (Wildman–Crippen MR) is 49.0 cm³/mol. The average Bonchev–Trinajstić information content (AvgIpc) is 2.80. The minimum absolute atomic E-state index is 0.398. The summed E-state index contributed by atoms with van der Waals surface area (Å²) in [6.45, 7) is 0. The van der Waals surface area contributed by atoms with Crippen LogP contribution < -0.4 is 5.73 Å². The predicted octanol–water partition coefficient (Wildman–Crippen LogP) is 1.60. The molecular formula is C11H13N. The van der Waals surface area contributed by atoms with Gasteiger partial charge in [0.25, 0.3) is 0 Å². The summed E-state index contributed by atoms with van der Waals surface area (Å²) in [6.07, 6.45) is 3.71. The van der Waals surface area contributed by atoms with E-state index < -0.39 is 0 Å². The summed E-state index contributed by atoms with van der Waals surface area (Å²) >= 11 is 0. The monoisotopic (exact) mass is 159 g/mol. The van der Waals surface area contributed by atoms with E-state index in [2.05, 4.69) is 24.3 Å². The van der Waals surface area contributed by atoms with Crippen molar-refractivity contribution in [2.75, 3.05) is 0 Å². The Morgan fingerprint density at radius 1 is 1.25 bits per heavy atom. The summed E-state index contributed by atoms with van der Waals surface area (Å²) < 4.78 is 0. The summed E-state index contributed by atoms with van der Waals surface area (Å²) in [6, 6.07) is 9.14. The van der Waals surface area contributed by atoms with Crippen molar-refractivity contribution in [2.45, 2.75) is 30.7 Å². The van der Waals surface area contributed by atoms with Crippen molar-refractivity contribution in [3.63, 3.8) is 0 Å². The number of nitrogens with two attached hydrogens (primary N) is 1. The Morgan fingerprint density at radius 2 is 2.00 bits per heavy atom. The zero-order chi connectivity index (χ0) is 8.18. The van der Waals surface area contributed by atoms with Crippen molar-refractivity contribution in [3.8, 4) is 0 Å². The van der Waals surface area contributed by atoms with Gasteiger partial charge in [-0.2, -0.15) is 0 Å². The molecule has 0 aromatic heterocycles. The molecule has 0 heterocycles. The smallest absolute Gasteiger partial charge is 0.0177 e. The third kappa shape index (κ3) is 0.632. The van der Waals surface area contributed by atoms with Crippen molar-refractivity contribution >= 4 is 0 Å². The zero-order valence-electron chi connectivity index (χ0n) is 7.09. The Bertz CT molecular complexity index is 326. The second-order valence-electron chi connectivity index (χ2n) is 4.12. The van der Waals surface area contributed by atoms with Crippen LogP contribution in [0.5, 0.6) is 0 Å². The fourth-order valence-electron chi connectivity index (χ4n) is 2.59. The average molecular weight is 159 g/mol. The Labute approximate surface area is 72.6 Å². The van der Waals surface area contributed by atoms with Crippen LogP contribution in [0.3, 0.4) is 0 Å². The Balaban J connectivity index is 2.19. The van der Waals surface area contributed by atoms with E-state index in [-0.39, 0.29) is 0 Å². The van der Waals surface area contributed by atoms with Crippen LogP contribution in [0, 0.1) is 0 Å². The van der Waals surface area contributed by atoms with Crippen LogP contribution in [0.1, 0.15) is 24.0 Å². The van der Waals surface area contributed by atoms with Gasteiger partial charge in [-0.05, 0) is 30.4 Å². The van der Waals surface area contributed by atoms with Gasteiger partial charge in [-0.15, -0.1) is 0 Å². The molecule has 3 rings (SSSR count). The van der Waals surface area contributed by atoms with Crippen LogP contribution in [0.15, 0.2) is 24.3 Å². The first-order valence-corrected chi connectivity index (χ1v) is 4.67. The van der Waals surface area contributed by atoms with Gasteiger partial charge < -0.3 is 5.73 Å². The molecule has 1 heteroatoms. The van der Waals surface area contributed by atoms with Crippen LogP contribution in [0.4, 0.5) is 0 Å². The highest BCUT2D eigenvalue weighted by atomic mass is 14.8. The van der Waals surface area contributed by atoms with E-state index in [1.807, 2.05) is 0 Å². The van der Waals surface area contributed by atoms with E-state index >= 15 is 0 Å². The van der Waals surface area contributed by atoms with Gasteiger partial charge in [0.2, 0.25) is 0 Å². The molecule has 62 valence electrons. The van der Waals surface area contributed by atoms with Crippen LogP contribution in [0.2, 0.25) is 0 Å². The molecule has 0 radical (unpaired) electrons. The Kier molecular flexibility index (Phi) is 1.06. The maximum Gasteiger partial charge on any atom is 0.0177 e. The fraction of sp³-hybridized carbons (Fsp3) is 0.455. The van der Waals surface area contributed by atoms with E-state index in [0.717, 1.165) is 6.42 Å². The third-order valence-electron chi connectivity index (χ3n) is 3.49. The maximum absolute atomic E-state index is 6.13. The van der Waals surface area contributed by atoms with Crippen LogP contribution >= 0.6 is 0 Å². The molecule has 0 saturated heterocycles. The second-order valence-corrected chi connectivity index (χ2v) is 4.12. The van der Waals surface area contributed by atoms with Crippen molar-refractivity contribution in [1.29, 1.82) is 0 Å². The van der Waals surface area contributed by atoms with Gasteiger partial charge in [0.15, 0.2) is 0 Å². The molecule has 1 spiro atoms. The maximum atomic E-state index is 6.13. The highest BCUT2D eigenvalue weighted by molar-refractivity contribution is 5.46. The van der Waals surface area contributed by atoms with Gasteiger partial charge in [0, 0.05) is 11.5 Å². The van der Waals surface area contributed by atoms with Crippen molar-refractivity contribution in [3.05, 3.63) is 35.4 Å². The van der Waals surface area contributed by atoms with Crippen molar-refractivity contribution in [1.82, 2.24) is 0 Å². The third-order valence-corrected chi connectivity index (χ3v) is 3.49. The van der Waals surface area contributed by atoms with E-state index in [4.69, 9.17) is 5.73 Å². The highest BCUT2D eigenvalue weighted by Crippen LogP contribution is 2.55. The summed E-state index contributed by atoms with van der Waals surface area (Å²) in [7, 11) is 0. The number of fused-ring (bicyclic) bond motifs is 2. The lowest BCUT2D eigenvalue weighted by Crippen LogP contribution is -2.30. The van der Waals surface area contributed by atoms with E-state index in [1.54, 1.807) is 0 Å². The van der Waals surface area contributed by atoms with E-state index in [1.165, 1.54) is 24.0 Å². The quantitative estimate of drug-likeness (QED) is 0.611. The minimum Gasteiger partial charge on any atom is -0.327 e. The molecule has 1 aromatic rings. The molecule has 1 nitrogen and oxygen atoms in total. The molecule has 12 heavy (non-hydrogen) atoms. The summed E-state index contributed by atoms with van der Waals surface area (Å²) in [5.74, 6) is 0. The van der Waals surface area contributed by atoms with Gasteiger partial charge in [-0.1, -0.05) is 24.3 Å². The first kappa shape index (κ1) is 6.67. The molecule has 2 aliphatic rings. The van der Waals surface area contributed by atoms with Gasteiger partial charge in [0.1, 0.15) is 0 Å². The van der Waals surface area contributed by atoms with E-state index in [9.17, 15) is 0 Å². The molecule has 1 aromatic carbocycles. The molecule has 1 atom stereocenters. The normalized spacial score (nSPS) is 28.9. The Morgan fingerprint density at radius 3 is 2.75 bits per heavy atom. The van der Waals surface area contributed by atoms with E-state index in [0.29, 0.717) is 11.5 Å². The minimum atomic E-state index is 0.398. The molecule has 0 bridgehead atoms. The number of benzene rings is 1. The molecule has 2 aliphatic carbocycles.